The Bertz CT molecular complexity index is 349. The zero-order chi connectivity index (χ0) is 13.4. The van der Waals surface area contributed by atoms with Crippen molar-refractivity contribution < 1.29 is 4.74 Å². The summed E-state index contributed by atoms with van der Waals surface area (Å²) >= 11 is 0. The normalized spacial score (nSPS) is 12.4. The van der Waals surface area contributed by atoms with Gasteiger partial charge in [-0.15, -0.1) is 0 Å². The summed E-state index contributed by atoms with van der Waals surface area (Å²) in [7, 11) is 0. The minimum Gasteiger partial charge on any atom is -0.493 e. The van der Waals surface area contributed by atoms with E-state index in [4.69, 9.17) is 10.5 Å². The van der Waals surface area contributed by atoms with Crippen LogP contribution in [0.3, 0.4) is 0 Å². The van der Waals surface area contributed by atoms with E-state index in [-0.39, 0.29) is 0 Å². The standard InChI is InChI=1S/C16H27NO/c1-4-11-18-16-9-8-14(7-6-10-17)12-15(16)13(3)5-2/h8-9,12-13H,4-7,10-11,17H2,1-3H3. The van der Waals surface area contributed by atoms with E-state index in [0.29, 0.717) is 5.92 Å². The summed E-state index contributed by atoms with van der Waals surface area (Å²) in [6, 6.07) is 6.60. The van der Waals surface area contributed by atoms with Crippen molar-refractivity contribution in [3.05, 3.63) is 29.3 Å². The maximum Gasteiger partial charge on any atom is 0.122 e. The van der Waals surface area contributed by atoms with Gasteiger partial charge in [0.05, 0.1) is 6.61 Å². The molecule has 1 unspecified atom stereocenters. The second-order valence-electron chi connectivity index (χ2n) is 4.92. The fraction of sp³-hybridized carbons (Fsp3) is 0.625. The van der Waals surface area contributed by atoms with Gasteiger partial charge in [0.15, 0.2) is 0 Å². The Morgan fingerprint density at radius 3 is 2.67 bits per heavy atom. The second-order valence-corrected chi connectivity index (χ2v) is 4.92. The van der Waals surface area contributed by atoms with Crippen molar-refractivity contribution in [2.45, 2.75) is 52.4 Å². The molecule has 0 saturated carbocycles. The molecule has 0 heterocycles. The summed E-state index contributed by atoms with van der Waals surface area (Å²) in [5.41, 5.74) is 8.29. The van der Waals surface area contributed by atoms with Gasteiger partial charge < -0.3 is 10.5 Å². The first-order valence-electron chi connectivity index (χ1n) is 7.18. The lowest BCUT2D eigenvalue weighted by atomic mass is 9.94. The molecule has 2 N–H and O–H groups in total. The molecule has 1 aromatic rings. The van der Waals surface area contributed by atoms with Crippen LogP contribution in [0.15, 0.2) is 18.2 Å². The van der Waals surface area contributed by atoms with Crippen molar-refractivity contribution in [3.8, 4) is 5.75 Å². The van der Waals surface area contributed by atoms with Gasteiger partial charge in [-0.05, 0) is 55.3 Å². The largest absolute Gasteiger partial charge is 0.493 e. The van der Waals surface area contributed by atoms with Gasteiger partial charge in [-0.1, -0.05) is 32.9 Å². The maximum absolute atomic E-state index is 5.84. The van der Waals surface area contributed by atoms with Crippen molar-refractivity contribution in [1.82, 2.24) is 0 Å². The van der Waals surface area contributed by atoms with Crippen molar-refractivity contribution in [1.29, 1.82) is 0 Å². The van der Waals surface area contributed by atoms with E-state index < -0.39 is 0 Å². The molecule has 1 aromatic carbocycles. The van der Waals surface area contributed by atoms with E-state index in [1.54, 1.807) is 0 Å². The average Bonchev–Trinajstić information content (AvgIpc) is 2.42. The molecule has 0 saturated heterocycles. The van der Waals surface area contributed by atoms with Crippen LogP contribution in [-0.2, 0) is 6.42 Å². The number of hydrogen-bond donors (Lipinski definition) is 1. The molecular formula is C16H27NO. The summed E-state index contributed by atoms with van der Waals surface area (Å²) in [5, 5.41) is 0. The fourth-order valence-electron chi connectivity index (χ4n) is 2.01. The summed E-state index contributed by atoms with van der Waals surface area (Å²) in [4.78, 5) is 0. The van der Waals surface area contributed by atoms with Gasteiger partial charge >= 0.3 is 0 Å². The van der Waals surface area contributed by atoms with E-state index in [1.807, 2.05) is 0 Å². The summed E-state index contributed by atoms with van der Waals surface area (Å²) in [6.07, 6.45) is 4.31. The third-order valence-electron chi connectivity index (χ3n) is 3.35. The average molecular weight is 249 g/mol. The van der Waals surface area contributed by atoms with Crippen LogP contribution in [0, 0.1) is 0 Å². The number of nitrogens with two attached hydrogens (primary N) is 1. The molecule has 0 spiro atoms. The van der Waals surface area contributed by atoms with Crippen LogP contribution in [0.1, 0.15) is 57.1 Å². The zero-order valence-electron chi connectivity index (χ0n) is 12.0. The van der Waals surface area contributed by atoms with Crippen LogP contribution in [0.25, 0.3) is 0 Å². The first-order chi connectivity index (χ1) is 8.72. The first kappa shape index (κ1) is 15.0. The highest BCUT2D eigenvalue weighted by Crippen LogP contribution is 2.30. The molecular weight excluding hydrogens is 222 g/mol. The molecule has 1 rings (SSSR count). The molecule has 1 atom stereocenters. The molecule has 0 radical (unpaired) electrons. The Labute approximate surface area is 112 Å². The van der Waals surface area contributed by atoms with E-state index >= 15 is 0 Å². The molecule has 0 amide bonds. The van der Waals surface area contributed by atoms with Crippen molar-refractivity contribution in [2.24, 2.45) is 5.73 Å². The Kier molecular flexibility index (Phi) is 6.81. The Balaban J connectivity index is 2.89. The van der Waals surface area contributed by atoms with E-state index in [0.717, 1.165) is 44.6 Å². The van der Waals surface area contributed by atoms with Crippen LogP contribution in [0.4, 0.5) is 0 Å². The van der Waals surface area contributed by atoms with Gasteiger partial charge in [0.2, 0.25) is 0 Å². The lowest BCUT2D eigenvalue weighted by molar-refractivity contribution is 0.312. The molecule has 0 fully saturated rings. The van der Waals surface area contributed by atoms with E-state index in [9.17, 15) is 0 Å². The third-order valence-corrected chi connectivity index (χ3v) is 3.35. The topological polar surface area (TPSA) is 35.2 Å². The van der Waals surface area contributed by atoms with Gasteiger partial charge in [-0.25, -0.2) is 0 Å². The molecule has 0 bridgehead atoms. The lowest BCUT2D eigenvalue weighted by Crippen LogP contribution is -2.04. The van der Waals surface area contributed by atoms with Gasteiger partial charge in [-0.2, -0.15) is 0 Å². The number of hydrogen-bond acceptors (Lipinski definition) is 2. The summed E-state index contributed by atoms with van der Waals surface area (Å²) in [6.45, 7) is 8.18. The van der Waals surface area contributed by atoms with Crippen LogP contribution < -0.4 is 10.5 Å². The van der Waals surface area contributed by atoms with Gasteiger partial charge in [0.1, 0.15) is 5.75 Å². The molecule has 0 aliphatic heterocycles. The molecule has 2 heteroatoms. The number of aryl methyl sites for hydroxylation is 1. The lowest BCUT2D eigenvalue weighted by Gasteiger charge is -2.17. The number of rotatable bonds is 8. The van der Waals surface area contributed by atoms with E-state index in [1.165, 1.54) is 11.1 Å². The Morgan fingerprint density at radius 1 is 1.28 bits per heavy atom. The smallest absolute Gasteiger partial charge is 0.122 e. The SMILES string of the molecule is CCCOc1ccc(CCCN)cc1C(C)CC. The molecule has 0 aliphatic carbocycles. The fourth-order valence-corrected chi connectivity index (χ4v) is 2.01. The highest BCUT2D eigenvalue weighted by atomic mass is 16.5. The first-order valence-corrected chi connectivity index (χ1v) is 7.18. The summed E-state index contributed by atoms with van der Waals surface area (Å²) < 4.78 is 5.84. The van der Waals surface area contributed by atoms with Gasteiger partial charge in [-0.3, -0.25) is 0 Å². The van der Waals surface area contributed by atoms with Gasteiger partial charge in [0, 0.05) is 0 Å². The predicted octanol–water partition coefficient (Wildman–Crippen LogP) is 3.88. The number of ether oxygens (including phenoxy) is 1. The van der Waals surface area contributed by atoms with Crippen LogP contribution in [-0.4, -0.2) is 13.2 Å². The van der Waals surface area contributed by atoms with Crippen molar-refractivity contribution >= 4 is 0 Å². The minimum atomic E-state index is 0.551. The monoisotopic (exact) mass is 249 g/mol. The second kappa shape index (κ2) is 8.15. The van der Waals surface area contributed by atoms with Gasteiger partial charge in [0.25, 0.3) is 0 Å². The predicted molar refractivity (Wildman–Crippen MR) is 78.3 cm³/mol. The summed E-state index contributed by atoms with van der Waals surface area (Å²) in [5.74, 6) is 1.61. The molecule has 0 aliphatic rings. The van der Waals surface area contributed by atoms with Crippen LogP contribution >= 0.6 is 0 Å². The Hall–Kier alpha value is -1.02. The van der Waals surface area contributed by atoms with Crippen LogP contribution in [0.5, 0.6) is 5.75 Å². The molecule has 102 valence electrons. The highest BCUT2D eigenvalue weighted by Gasteiger charge is 2.11. The minimum absolute atomic E-state index is 0.551. The highest BCUT2D eigenvalue weighted by molar-refractivity contribution is 5.39. The zero-order valence-corrected chi connectivity index (χ0v) is 12.0. The quantitative estimate of drug-likeness (QED) is 0.759. The third kappa shape index (κ3) is 4.34. The van der Waals surface area contributed by atoms with Crippen LogP contribution in [0.2, 0.25) is 0 Å². The molecule has 18 heavy (non-hydrogen) atoms. The van der Waals surface area contributed by atoms with Crippen molar-refractivity contribution in [3.63, 3.8) is 0 Å². The molecule has 0 aromatic heterocycles. The van der Waals surface area contributed by atoms with E-state index in [2.05, 4.69) is 39.0 Å². The molecule has 2 nitrogen and oxygen atoms in total. The van der Waals surface area contributed by atoms with Crippen molar-refractivity contribution in [2.75, 3.05) is 13.2 Å². The number of benzene rings is 1. The Morgan fingerprint density at radius 2 is 2.06 bits per heavy atom. The maximum atomic E-state index is 5.84.